The molecule has 0 bridgehead atoms. The van der Waals surface area contributed by atoms with Gasteiger partial charge in [0.1, 0.15) is 0 Å². The minimum atomic E-state index is 0.570. The van der Waals surface area contributed by atoms with Gasteiger partial charge in [0, 0.05) is 31.8 Å². The van der Waals surface area contributed by atoms with E-state index in [9.17, 15) is 0 Å². The van der Waals surface area contributed by atoms with Crippen molar-refractivity contribution in [2.45, 2.75) is 38.4 Å². The van der Waals surface area contributed by atoms with E-state index in [1.165, 1.54) is 0 Å². The summed E-state index contributed by atoms with van der Waals surface area (Å²) in [7, 11) is 1.72. The van der Waals surface area contributed by atoms with Crippen LogP contribution in [0.4, 0.5) is 0 Å². The molecule has 0 N–H and O–H groups in total. The van der Waals surface area contributed by atoms with Gasteiger partial charge in [0.25, 0.3) is 0 Å². The van der Waals surface area contributed by atoms with Crippen LogP contribution >= 0.6 is 15.9 Å². The van der Waals surface area contributed by atoms with Gasteiger partial charge in [0.15, 0.2) is 0 Å². The van der Waals surface area contributed by atoms with Crippen LogP contribution in [0.5, 0.6) is 0 Å². The summed E-state index contributed by atoms with van der Waals surface area (Å²) >= 11 is 3.66. The van der Waals surface area contributed by atoms with Crippen molar-refractivity contribution in [3.8, 4) is 0 Å². The number of hydrogen-bond donors (Lipinski definition) is 0. The van der Waals surface area contributed by atoms with Gasteiger partial charge in [-0.1, -0.05) is 36.7 Å². The molecule has 0 saturated heterocycles. The lowest BCUT2D eigenvalue weighted by atomic mass is 9.90. The first kappa shape index (κ1) is 15.4. The van der Waals surface area contributed by atoms with E-state index in [1.807, 2.05) is 0 Å². The summed E-state index contributed by atoms with van der Waals surface area (Å²) < 4.78 is 10.5. The third kappa shape index (κ3) is 8.23. The van der Waals surface area contributed by atoms with Crippen LogP contribution in [0.3, 0.4) is 0 Å². The van der Waals surface area contributed by atoms with Crippen LogP contribution < -0.4 is 0 Å². The molecule has 0 saturated carbocycles. The maximum Gasteiger partial charge on any atom is 0.0487 e. The van der Waals surface area contributed by atoms with E-state index >= 15 is 0 Å². The number of hydrogen-bond acceptors (Lipinski definition) is 2. The second kappa shape index (κ2) is 9.61. The van der Waals surface area contributed by atoms with Crippen LogP contribution in [0, 0.1) is 11.8 Å². The number of alkyl halides is 1. The summed E-state index contributed by atoms with van der Waals surface area (Å²) in [5.74, 6) is 1.41. The largest absolute Gasteiger partial charge is 0.385 e. The molecule has 0 aliphatic carbocycles. The number of rotatable bonds is 9. The van der Waals surface area contributed by atoms with Gasteiger partial charge in [-0.3, -0.25) is 0 Å². The Morgan fingerprint density at radius 1 is 1.07 bits per heavy atom. The average molecular weight is 281 g/mol. The van der Waals surface area contributed by atoms with Gasteiger partial charge in [-0.15, -0.1) is 0 Å². The summed E-state index contributed by atoms with van der Waals surface area (Å²) in [6.45, 7) is 9.23. The number of ether oxygens (including phenoxy) is 2. The molecule has 0 rings (SSSR count). The minimum absolute atomic E-state index is 0.570. The molecule has 0 aliphatic heterocycles. The highest BCUT2D eigenvalue weighted by molar-refractivity contribution is 9.09. The lowest BCUT2D eigenvalue weighted by Crippen LogP contribution is -2.20. The van der Waals surface area contributed by atoms with E-state index in [2.05, 4.69) is 36.7 Å². The average Bonchev–Trinajstić information content (AvgIpc) is 2.15. The van der Waals surface area contributed by atoms with Crippen molar-refractivity contribution in [1.29, 1.82) is 0 Å². The molecule has 0 fully saturated rings. The molecule has 2 unspecified atom stereocenters. The van der Waals surface area contributed by atoms with Crippen molar-refractivity contribution >= 4 is 15.9 Å². The highest BCUT2D eigenvalue weighted by Gasteiger charge is 2.17. The summed E-state index contributed by atoms with van der Waals surface area (Å²) in [5.41, 5.74) is 0. The van der Waals surface area contributed by atoms with Crippen molar-refractivity contribution in [1.82, 2.24) is 0 Å². The van der Waals surface area contributed by atoms with Crippen LogP contribution in [-0.4, -0.2) is 31.8 Å². The third-order valence-electron chi connectivity index (χ3n) is 2.68. The van der Waals surface area contributed by atoms with Gasteiger partial charge in [-0.25, -0.2) is 0 Å². The normalized spacial score (nSPS) is 15.6. The summed E-state index contributed by atoms with van der Waals surface area (Å²) in [6, 6.07) is 0. The molecule has 0 aromatic rings. The Morgan fingerprint density at radius 3 is 2.20 bits per heavy atom. The van der Waals surface area contributed by atoms with Crippen molar-refractivity contribution < 1.29 is 9.47 Å². The summed E-state index contributed by atoms with van der Waals surface area (Å²) in [4.78, 5) is 0.570. The maximum absolute atomic E-state index is 5.57. The molecular weight excluding hydrogens is 256 g/mol. The van der Waals surface area contributed by atoms with Crippen molar-refractivity contribution in [3.05, 3.63) is 0 Å². The first-order valence-corrected chi connectivity index (χ1v) is 6.72. The van der Waals surface area contributed by atoms with E-state index < -0.39 is 0 Å². The number of halogens is 1. The SMILES string of the molecule is COCCCOCCC(C(C)C)C(C)Br. The Balaban J connectivity index is 3.46. The molecule has 0 heterocycles. The molecule has 0 aromatic heterocycles. The van der Waals surface area contributed by atoms with Crippen molar-refractivity contribution in [3.63, 3.8) is 0 Å². The quantitative estimate of drug-likeness (QED) is 0.476. The van der Waals surface area contributed by atoms with Crippen molar-refractivity contribution in [2.75, 3.05) is 26.9 Å². The monoisotopic (exact) mass is 280 g/mol. The molecule has 0 aromatic carbocycles. The van der Waals surface area contributed by atoms with Gasteiger partial charge in [-0.05, 0) is 24.7 Å². The highest BCUT2D eigenvalue weighted by atomic mass is 79.9. The van der Waals surface area contributed by atoms with E-state index in [4.69, 9.17) is 9.47 Å². The van der Waals surface area contributed by atoms with Crippen molar-refractivity contribution in [2.24, 2.45) is 11.8 Å². The van der Waals surface area contributed by atoms with E-state index in [1.54, 1.807) is 7.11 Å². The van der Waals surface area contributed by atoms with Gasteiger partial charge in [-0.2, -0.15) is 0 Å². The van der Waals surface area contributed by atoms with E-state index in [0.29, 0.717) is 16.7 Å². The van der Waals surface area contributed by atoms with Gasteiger partial charge >= 0.3 is 0 Å². The molecule has 2 nitrogen and oxygen atoms in total. The molecule has 0 spiro atoms. The summed E-state index contributed by atoms with van der Waals surface area (Å²) in [6.07, 6.45) is 2.13. The Hall–Kier alpha value is 0.400. The minimum Gasteiger partial charge on any atom is -0.385 e. The Labute approximate surface area is 103 Å². The van der Waals surface area contributed by atoms with Crippen LogP contribution in [0.15, 0.2) is 0 Å². The Bertz CT molecular complexity index is 130. The topological polar surface area (TPSA) is 18.5 Å². The van der Waals surface area contributed by atoms with Crippen LogP contribution in [0.1, 0.15) is 33.6 Å². The Kier molecular flexibility index (Phi) is 9.87. The standard InChI is InChI=1S/C12H25BrO2/c1-10(2)12(11(3)13)6-9-15-8-5-7-14-4/h10-12H,5-9H2,1-4H3. The van der Waals surface area contributed by atoms with Crippen LogP contribution in [0.25, 0.3) is 0 Å². The third-order valence-corrected chi connectivity index (χ3v) is 3.36. The highest BCUT2D eigenvalue weighted by Crippen LogP contribution is 2.24. The summed E-state index contributed by atoms with van der Waals surface area (Å²) in [5, 5.41) is 0. The van der Waals surface area contributed by atoms with Gasteiger partial charge in [0.2, 0.25) is 0 Å². The predicted octanol–water partition coefficient (Wildman–Crippen LogP) is 3.49. The van der Waals surface area contributed by atoms with Gasteiger partial charge < -0.3 is 9.47 Å². The maximum atomic E-state index is 5.57. The van der Waals surface area contributed by atoms with E-state index in [-0.39, 0.29) is 0 Å². The Morgan fingerprint density at radius 2 is 1.73 bits per heavy atom. The zero-order chi connectivity index (χ0) is 11.7. The number of methoxy groups -OCH3 is 1. The first-order chi connectivity index (χ1) is 7.09. The van der Waals surface area contributed by atoms with Gasteiger partial charge in [0.05, 0.1) is 0 Å². The zero-order valence-corrected chi connectivity index (χ0v) is 12.0. The fourth-order valence-corrected chi connectivity index (χ4v) is 2.59. The van der Waals surface area contributed by atoms with E-state index in [0.717, 1.165) is 32.7 Å². The molecule has 15 heavy (non-hydrogen) atoms. The fraction of sp³-hybridized carbons (Fsp3) is 1.00. The lowest BCUT2D eigenvalue weighted by molar-refractivity contribution is 0.0896. The molecule has 2 atom stereocenters. The molecule has 92 valence electrons. The molecule has 0 radical (unpaired) electrons. The molecular formula is C12H25BrO2. The predicted molar refractivity (Wildman–Crippen MR) is 68.6 cm³/mol. The van der Waals surface area contributed by atoms with Crippen LogP contribution in [-0.2, 0) is 9.47 Å². The fourth-order valence-electron chi connectivity index (χ4n) is 1.72. The molecule has 3 heteroatoms. The zero-order valence-electron chi connectivity index (χ0n) is 10.5. The second-order valence-electron chi connectivity index (χ2n) is 4.33. The van der Waals surface area contributed by atoms with Crippen LogP contribution in [0.2, 0.25) is 0 Å². The molecule has 0 aliphatic rings. The first-order valence-electron chi connectivity index (χ1n) is 5.80. The second-order valence-corrected chi connectivity index (χ2v) is 5.78. The lowest BCUT2D eigenvalue weighted by Gasteiger charge is -2.23. The molecule has 0 amide bonds. The smallest absolute Gasteiger partial charge is 0.0487 e.